The Morgan fingerprint density at radius 1 is 1.45 bits per heavy atom. The number of hydrogen-bond donors (Lipinski definition) is 2. The van der Waals surface area contributed by atoms with Crippen LogP contribution in [0.25, 0.3) is 0 Å². The molecule has 0 fully saturated rings. The largest absolute Gasteiger partial charge is 0.496 e. The lowest BCUT2D eigenvalue weighted by Crippen LogP contribution is -2.42. The molecule has 1 aromatic carbocycles. The first-order valence-electron chi connectivity index (χ1n) is 7.71. The molecule has 0 radical (unpaired) electrons. The first-order chi connectivity index (χ1) is 10.3. The molecule has 0 bridgehead atoms. The molecule has 0 aliphatic carbocycles. The van der Waals surface area contributed by atoms with Crippen LogP contribution in [-0.2, 0) is 10.2 Å². The second kappa shape index (κ2) is 6.26. The summed E-state index contributed by atoms with van der Waals surface area (Å²) in [6, 6.07) is 3.79. The molecule has 1 aliphatic rings. The second-order valence-corrected chi connectivity index (χ2v) is 6.58. The van der Waals surface area contributed by atoms with E-state index in [9.17, 15) is 4.79 Å². The van der Waals surface area contributed by atoms with Crippen molar-refractivity contribution in [1.82, 2.24) is 0 Å². The minimum Gasteiger partial charge on any atom is -0.496 e. The average Bonchev–Trinajstić information content (AvgIpc) is 2.45. The summed E-state index contributed by atoms with van der Waals surface area (Å²) in [6.45, 7) is 6.62. The molecule has 1 heterocycles. The maximum Gasteiger partial charge on any atom is 0.227 e. The molecule has 0 saturated carbocycles. The van der Waals surface area contributed by atoms with Gasteiger partial charge in [0.15, 0.2) is 0 Å². The molecule has 1 atom stereocenters. The van der Waals surface area contributed by atoms with Crippen LogP contribution < -0.4 is 15.4 Å². The number of hydrogen-bond acceptors (Lipinski definition) is 4. The monoisotopic (exact) mass is 306 g/mol. The summed E-state index contributed by atoms with van der Waals surface area (Å²) in [7, 11) is 1.64. The molecule has 0 spiro atoms. The van der Waals surface area contributed by atoms with Gasteiger partial charge in [0.05, 0.1) is 7.11 Å². The molecule has 5 heteroatoms. The van der Waals surface area contributed by atoms with Crippen molar-refractivity contribution in [3.05, 3.63) is 23.3 Å². The summed E-state index contributed by atoms with van der Waals surface area (Å²) >= 11 is 0. The van der Waals surface area contributed by atoms with Crippen molar-refractivity contribution in [2.45, 2.75) is 45.1 Å². The second-order valence-electron chi connectivity index (χ2n) is 6.58. The van der Waals surface area contributed by atoms with Gasteiger partial charge in [0, 0.05) is 42.3 Å². The summed E-state index contributed by atoms with van der Waals surface area (Å²) in [6.07, 6.45) is 1.01. The van der Waals surface area contributed by atoms with Gasteiger partial charge in [0.2, 0.25) is 5.91 Å². The van der Waals surface area contributed by atoms with Crippen LogP contribution in [0, 0.1) is 0 Å². The first kappa shape index (κ1) is 16.8. The molecule has 0 aromatic heterocycles. The lowest BCUT2D eigenvalue weighted by Gasteiger charge is -2.39. The predicted octanol–water partition coefficient (Wildman–Crippen LogP) is 2.11. The van der Waals surface area contributed by atoms with E-state index in [1.54, 1.807) is 12.0 Å². The van der Waals surface area contributed by atoms with Gasteiger partial charge in [0.25, 0.3) is 0 Å². The summed E-state index contributed by atoms with van der Waals surface area (Å²) in [5.74, 6) is 0.852. The van der Waals surface area contributed by atoms with Gasteiger partial charge in [-0.2, -0.15) is 0 Å². The van der Waals surface area contributed by atoms with Crippen molar-refractivity contribution in [2.75, 3.05) is 25.2 Å². The Hall–Kier alpha value is -1.59. The van der Waals surface area contributed by atoms with Crippen molar-refractivity contribution in [1.29, 1.82) is 0 Å². The van der Waals surface area contributed by atoms with Crippen LogP contribution in [-0.4, -0.2) is 31.3 Å². The first-order valence-corrected chi connectivity index (χ1v) is 7.71. The Kier molecular flexibility index (Phi) is 4.78. The van der Waals surface area contributed by atoms with E-state index < -0.39 is 0 Å². The Morgan fingerprint density at radius 2 is 2.14 bits per heavy atom. The fourth-order valence-electron chi connectivity index (χ4n) is 3.06. The quantitative estimate of drug-likeness (QED) is 0.873. The summed E-state index contributed by atoms with van der Waals surface area (Å²) in [5.41, 5.74) is 8.67. The van der Waals surface area contributed by atoms with Crippen LogP contribution in [0.3, 0.4) is 0 Å². The van der Waals surface area contributed by atoms with Crippen molar-refractivity contribution in [3.63, 3.8) is 0 Å². The van der Waals surface area contributed by atoms with Crippen molar-refractivity contribution < 1.29 is 14.6 Å². The molecule has 2 rings (SSSR count). The van der Waals surface area contributed by atoms with E-state index in [1.807, 2.05) is 19.1 Å². The molecule has 0 saturated heterocycles. The van der Waals surface area contributed by atoms with E-state index >= 15 is 0 Å². The number of aliphatic hydroxyl groups excluding tert-OH is 1. The predicted molar refractivity (Wildman–Crippen MR) is 87.3 cm³/mol. The molecule has 3 N–H and O–H groups in total. The zero-order valence-electron chi connectivity index (χ0n) is 13.8. The van der Waals surface area contributed by atoms with Crippen LogP contribution in [0.5, 0.6) is 5.75 Å². The number of benzene rings is 1. The topological polar surface area (TPSA) is 75.8 Å². The smallest absolute Gasteiger partial charge is 0.227 e. The Labute approximate surface area is 132 Å². The van der Waals surface area contributed by atoms with Gasteiger partial charge < -0.3 is 20.5 Å². The van der Waals surface area contributed by atoms with Crippen LogP contribution in [0.2, 0.25) is 0 Å². The number of amides is 1. The zero-order chi connectivity index (χ0) is 16.5. The average molecular weight is 306 g/mol. The van der Waals surface area contributed by atoms with Gasteiger partial charge in [-0.3, -0.25) is 4.79 Å². The Bertz CT molecular complexity index is 567. The van der Waals surface area contributed by atoms with Gasteiger partial charge in [0.1, 0.15) is 5.75 Å². The molecular formula is C17H26N2O3. The highest BCUT2D eigenvalue weighted by molar-refractivity contribution is 5.98. The number of rotatable bonds is 5. The molecule has 22 heavy (non-hydrogen) atoms. The molecule has 1 amide bonds. The molecular weight excluding hydrogens is 280 g/mol. The Morgan fingerprint density at radius 3 is 2.68 bits per heavy atom. The lowest BCUT2D eigenvalue weighted by molar-refractivity contribution is -0.120. The van der Waals surface area contributed by atoms with E-state index in [0.29, 0.717) is 19.4 Å². The highest BCUT2D eigenvalue weighted by Gasteiger charge is 2.37. The minimum atomic E-state index is -0.244. The third kappa shape index (κ3) is 2.96. The van der Waals surface area contributed by atoms with Gasteiger partial charge in [-0.1, -0.05) is 13.8 Å². The number of methoxy groups -OCH3 is 1. The van der Waals surface area contributed by atoms with Gasteiger partial charge in [-0.15, -0.1) is 0 Å². The van der Waals surface area contributed by atoms with Crippen LogP contribution >= 0.6 is 0 Å². The number of ether oxygens (including phenoxy) is 1. The van der Waals surface area contributed by atoms with Crippen LogP contribution in [0.15, 0.2) is 12.1 Å². The molecule has 1 unspecified atom stereocenters. The minimum absolute atomic E-state index is 0.0683. The number of nitrogens with two attached hydrogens (primary N) is 1. The third-order valence-electron chi connectivity index (χ3n) is 4.29. The zero-order valence-corrected chi connectivity index (χ0v) is 13.8. The maximum atomic E-state index is 12.5. The van der Waals surface area contributed by atoms with Crippen molar-refractivity contribution >= 4 is 11.6 Å². The summed E-state index contributed by atoms with van der Waals surface area (Å²) < 4.78 is 5.49. The van der Waals surface area contributed by atoms with Crippen molar-refractivity contribution in [2.24, 2.45) is 5.73 Å². The third-order valence-corrected chi connectivity index (χ3v) is 4.29. The molecule has 122 valence electrons. The van der Waals surface area contributed by atoms with E-state index in [4.69, 9.17) is 15.6 Å². The standard InChI is InChI=1S/C17H26N2O3/c1-11(18)12-8-14-13(9-15(12)22-4)17(2,3)10-16(21)19(14)6-5-7-20/h8-9,11,20H,5-7,10,18H2,1-4H3. The van der Waals surface area contributed by atoms with Gasteiger partial charge in [-0.05, 0) is 31.0 Å². The lowest BCUT2D eigenvalue weighted by atomic mass is 9.76. The van der Waals surface area contributed by atoms with Crippen LogP contribution in [0.1, 0.15) is 50.8 Å². The van der Waals surface area contributed by atoms with Crippen molar-refractivity contribution in [3.8, 4) is 5.75 Å². The fraction of sp³-hybridized carbons (Fsp3) is 0.588. The molecule has 1 aliphatic heterocycles. The fourth-order valence-corrected chi connectivity index (χ4v) is 3.06. The number of nitrogens with zero attached hydrogens (tertiary/aromatic N) is 1. The van der Waals surface area contributed by atoms with E-state index in [2.05, 4.69) is 13.8 Å². The van der Waals surface area contributed by atoms with E-state index in [1.165, 1.54) is 0 Å². The Balaban J connectivity index is 2.60. The SMILES string of the molecule is COc1cc2c(cc1C(C)N)N(CCCO)C(=O)CC2(C)C. The molecule has 1 aromatic rings. The number of aliphatic hydroxyl groups is 1. The maximum absolute atomic E-state index is 12.5. The highest BCUT2D eigenvalue weighted by atomic mass is 16.5. The number of fused-ring (bicyclic) bond motifs is 1. The van der Waals surface area contributed by atoms with Crippen LogP contribution in [0.4, 0.5) is 5.69 Å². The van der Waals surface area contributed by atoms with Gasteiger partial charge >= 0.3 is 0 Å². The van der Waals surface area contributed by atoms with E-state index in [0.717, 1.165) is 22.6 Å². The number of carbonyl (C=O) groups is 1. The number of anilines is 1. The van der Waals surface area contributed by atoms with E-state index in [-0.39, 0.29) is 24.0 Å². The molecule has 5 nitrogen and oxygen atoms in total. The summed E-state index contributed by atoms with van der Waals surface area (Å²) in [5, 5.41) is 9.08. The normalized spacial score (nSPS) is 18.1. The van der Waals surface area contributed by atoms with Gasteiger partial charge in [-0.25, -0.2) is 0 Å². The highest BCUT2D eigenvalue weighted by Crippen LogP contribution is 2.44. The number of carbonyl (C=O) groups excluding carboxylic acids is 1. The summed E-state index contributed by atoms with van der Waals surface area (Å²) in [4.78, 5) is 14.3.